The van der Waals surface area contributed by atoms with E-state index in [1.165, 1.54) is 19.2 Å². The number of nitrogens with zero attached hydrogens (tertiary/aromatic N) is 4. The van der Waals surface area contributed by atoms with Crippen LogP contribution in [0.15, 0.2) is 71.6 Å². The number of rotatable bonds is 8. The van der Waals surface area contributed by atoms with Crippen LogP contribution in [0.3, 0.4) is 0 Å². The molecule has 0 bridgehead atoms. The van der Waals surface area contributed by atoms with Gasteiger partial charge in [-0.3, -0.25) is 9.69 Å². The van der Waals surface area contributed by atoms with Gasteiger partial charge in [-0.15, -0.1) is 0 Å². The maximum atomic E-state index is 15.1. The largest absolute Gasteiger partial charge is 0.497 e. The second-order valence-corrected chi connectivity index (χ2v) is 14.7. The maximum Gasteiger partial charge on any atom is 0.411 e. The Hall–Kier alpha value is -4.13. The molecule has 2 saturated heterocycles. The van der Waals surface area contributed by atoms with Crippen molar-refractivity contribution in [2.75, 3.05) is 57.7 Å². The van der Waals surface area contributed by atoms with Crippen LogP contribution in [0.5, 0.6) is 11.5 Å². The standard InChI is InChI=1S/C36H44N4O7S/c1-25(2)46-32-12-8-7-11-29(32)36(47-35(42)39-22-20-38(21-23-39)27-16-18-37(4)19-17-27)30-24-28(45-5)14-15-31(30)40(34(36)41)48(43,44)33-13-9-6-10-26(33)3/h6-15,24-25,27H,16-23H2,1-5H3. The number of hydrogen-bond donors (Lipinski definition) is 0. The minimum absolute atomic E-state index is 0.0287. The summed E-state index contributed by atoms with van der Waals surface area (Å²) in [6.07, 6.45) is 1.15. The molecule has 3 aliphatic rings. The normalized spacial score (nSPS) is 21.0. The van der Waals surface area contributed by atoms with Crippen molar-refractivity contribution in [3.05, 3.63) is 83.4 Å². The van der Waals surface area contributed by atoms with Gasteiger partial charge in [-0.2, -0.15) is 4.31 Å². The van der Waals surface area contributed by atoms with Gasteiger partial charge in [-0.25, -0.2) is 13.2 Å². The van der Waals surface area contributed by atoms with Crippen LogP contribution in [0, 0.1) is 6.92 Å². The highest BCUT2D eigenvalue weighted by Gasteiger charge is 2.61. The number of benzene rings is 3. The second-order valence-electron chi connectivity index (χ2n) is 13.0. The van der Waals surface area contributed by atoms with Crippen molar-refractivity contribution in [3.63, 3.8) is 0 Å². The number of piperidine rings is 1. The molecule has 11 nitrogen and oxygen atoms in total. The molecule has 0 aliphatic carbocycles. The third-order valence-electron chi connectivity index (χ3n) is 9.55. The van der Waals surface area contributed by atoms with Gasteiger partial charge in [-0.1, -0.05) is 36.4 Å². The number of anilines is 1. The Balaban J connectivity index is 1.45. The van der Waals surface area contributed by atoms with Crippen LogP contribution in [0.25, 0.3) is 0 Å². The molecule has 0 spiro atoms. The summed E-state index contributed by atoms with van der Waals surface area (Å²) >= 11 is 0. The van der Waals surface area contributed by atoms with Crippen LogP contribution >= 0.6 is 0 Å². The monoisotopic (exact) mass is 676 g/mol. The fourth-order valence-corrected chi connectivity index (χ4v) is 8.69. The zero-order valence-corrected chi connectivity index (χ0v) is 29.0. The summed E-state index contributed by atoms with van der Waals surface area (Å²) < 4.78 is 47.8. The van der Waals surface area contributed by atoms with Gasteiger partial charge >= 0.3 is 6.09 Å². The number of hydrogen-bond acceptors (Lipinski definition) is 9. The molecule has 6 rings (SSSR count). The highest BCUT2D eigenvalue weighted by Crippen LogP contribution is 2.52. The minimum Gasteiger partial charge on any atom is -0.497 e. The number of piperazine rings is 1. The summed E-state index contributed by atoms with van der Waals surface area (Å²) in [6.45, 7) is 9.63. The molecule has 3 aromatic carbocycles. The van der Waals surface area contributed by atoms with Crippen molar-refractivity contribution in [2.45, 2.75) is 56.3 Å². The van der Waals surface area contributed by atoms with Gasteiger partial charge in [0.15, 0.2) is 0 Å². The fraction of sp³-hybridized carbons (Fsp3) is 0.444. The average molecular weight is 677 g/mol. The molecule has 0 aromatic heterocycles. The summed E-state index contributed by atoms with van der Waals surface area (Å²) in [5, 5.41) is 0. The number of carbonyl (C=O) groups is 2. The molecule has 3 heterocycles. The zero-order valence-electron chi connectivity index (χ0n) is 28.2. The topological polar surface area (TPSA) is 109 Å². The lowest BCUT2D eigenvalue weighted by molar-refractivity contribution is -0.132. The minimum atomic E-state index is -4.46. The fourth-order valence-electron chi connectivity index (χ4n) is 7.01. The van der Waals surface area contributed by atoms with Gasteiger partial charge < -0.3 is 24.0 Å². The Morgan fingerprint density at radius 1 is 0.896 bits per heavy atom. The Bertz CT molecular complexity index is 1780. The number of para-hydroxylation sites is 1. The van der Waals surface area contributed by atoms with Gasteiger partial charge in [0.05, 0.1) is 29.4 Å². The average Bonchev–Trinajstić information content (AvgIpc) is 3.32. The number of amides is 2. The first-order chi connectivity index (χ1) is 23.0. The summed E-state index contributed by atoms with van der Waals surface area (Å²) in [5.41, 5.74) is -1.27. The molecule has 0 saturated carbocycles. The third-order valence-corrected chi connectivity index (χ3v) is 11.4. The highest BCUT2D eigenvalue weighted by atomic mass is 32.2. The molecule has 3 aromatic rings. The van der Waals surface area contributed by atoms with Gasteiger partial charge in [0.2, 0.25) is 5.60 Å². The van der Waals surface area contributed by atoms with Gasteiger partial charge in [-0.05, 0) is 89.6 Å². The first-order valence-electron chi connectivity index (χ1n) is 16.5. The van der Waals surface area contributed by atoms with Gasteiger partial charge in [0.1, 0.15) is 11.5 Å². The second kappa shape index (κ2) is 13.4. The SMILES string of the molecule is COc1ccc2c(c1)C(OC(=O)N1CCN(C3CCN(C)CC3)CC1)(c1ccccc1OC(C)C)C(=O)N2S(=O)(=O)c1ccccc1C. The summed E-state index contributed by atoms with van der Waals surface area (Å²) in [4.78, 5) is 35.7. The number of carbonyl (C=O) groups excluding carboxylic acids is 2. The Labute approximate surface area is 283 Å². The van der Waals surface area contributed by atoms with Crippen LogP contribution in [0.2, 0.25) is 0 Å². The Morgan fingerprint density at radius 2 is 1.56 bits per heavy atom. The number of ether oxygens (including phenoxy) is 3. The van der Waals surface area contributed by atoms with E-state index in [-0.39, 0.29) is 27.8 Å². The van der Waals surface area contributed by atoms with E-state index in [1.54, 1.807) is 66.4 Å². The lowest BCUT2D eigenvalue weighted by atomic mass is 9.86. The van der Waals surface area contributed by atoms with E-state index in [4.69, 9.17) is 14.2 Å². The zero-order chi connectivity index (χ0) is 34.2. The number of fused-ring (bicyclic) bond motifs is 1. The molecule has 0 radical (unpaired) electrons. The maximum absolute atomic E-state index is 15.1. The number of likely N-dealkylation sites (tertiary alicyclic amines) is 1. The van der Waals surface area contributed by atoms with E-state index in [1.807, 2.05) is 13.8 Å². The van der Waals surface area contributed by atoms with E-state index in [0.29, 0.717) is 49.3 Å². The lowest BCUT2D eigenvalue weighted by Crippen LogP contribution is -2.55. The Kier molecular flexibility index (Phi) is 9.43. The van der Waals surface area contributed by atoms with Crippen molar-refractivity contribution in [1.82, 2.24) is 14.7 Å². The number of aryl methyl sites for hydroxylation is 1. The molecule has 0 N–H and O–H groups in total. The molecule has 48 heavy (non-hydrogen) atoms. The Morgan fingerprint density at radius 3 is 2.23 bits per heavy atom. The molecular weight excluding hydrogens is 632 g/mol. The molecule has 3 aliphatic heterocycles. The first-order valence-corrected chi connectivity index (χ1v) is 17.9. The van der Waals surface area contributed by atoms with E-state index >= 15 is 4.79 Å². The van der Waals surface area contributed by atoms with Crippen LogP contribution < -0.4 is 13.8 Å². The summed E-state index contributed by atoms with van der Waals surface area (Å²) in [7, 11) is -0.849. The van der Waals surface area contributed by atoms with Crippen molar-refractivity contribution >= 4 is 27.7 Å². The van der Waals surface area contributed by atoms with Crippen LogP contribution in [-0.4, -0.2) is 101 Å². The van der Waals surface area contributed by atoms with E-state index in [2.05, 4.69) is 16.8 Å². The van der Waals surface area contributed by atoms with E-state index < -0.39 is 27.6 Å². The third kappa shape index (κ3) is 6.01. The summed E-state index contributed by atoms with van der Waals surface area (Å²) in [6, 6.07) is 18.4. The lowest BCUT2D eigenvalue weighted by Gasteiger charge is -2.42. The molecule has 12 heteroatoms. The van der Waals surface area contributed by atoms with Gasteiger partial charge in [0.25, 0.3) is 15.9 Å². The van der Waals surface area contributed by atoms with E-state index in [0.717, 1.165) is 30.2 Å². The van der Waals surface area contributed by atoms with Gasteiger partial charge in [0, 0.05) is 37.8 Å². The van der Waals surface area contributed by atoms with Crippen molar-refractivity contribution < 1.29 is 32.2 Å². The molecule has 2 fully saturated rings. The molecule has 256 valence electrons. The van der Waals surface area contributed by atoms with Crippen molar-refractivity contribution in [3.8, 4) is 11.5 Å². The molecule has 1 unspecified atom stereocenters. The highest BCUT2D eigenvalue weighted by molar-refractivity contribution is 7.93. The molecular formula is C36H44N4O7S. The smallest absolute Gasteiger partial charge is 0.411 e. The number of sulfonamides is 1. The molecule has 2 amide bonds. The van der Waals surface area contributed by atoms with Crippen molar-refractivity contribution in [2.24, 2.45) is 0 Å². The van der Waals surface area contributed by atoms with Crippen LogP contribution in [0.4, 0.5) is 10.5 Å². The van der Waals surface area contributed by atoms with E-state index in [9.17, 15) is 13.2 Å². The summed E-state index contributed by atoms with van der Waals surface area (Å²) in [5.74, 6) is -0.275. The van der Waals surface area contributed by atoms with Crippen LogP contribution in [-0.2, 0) is 25.2 Å². The predicted octanol–water partition coefficient (Wildman–Crippen LogP) is 4.62. The predicted molar refractivity (Wildman–Crippen MR) is 182 cm³/mol. The number of methoxy groups -OCH3 is 1. The van der Waals surface area contributed by atoms with Crippen molar-refractivity contribution in [1.29, 1.82) is 0 Å². The molecule has 1 atom stereocenters. The van der Waals surface area contributed by atoms with Crippen LogP contribution in [0.1, 0.15) is 43.4 Å². The quantitative estimate of drug-likeness (QED) is 0.338. The first kappa shape index (κ1) is 33.8.